The highest BCUT2D eigenvalue weighted by Crippen LogP contribution is 2.58. The van der Waals surface area contributed by atoms with Crippen LogP contribution in [0.4, 0.5) is 5.69 Å². The van der Waals surface area contributed by atoms with Crippen molar-refractivity contribution >= 4 is 23.5 Å². The Bertz CT molecular complexity index is 637. The van der Waals surface area contributed by atoms with Gasteiger partial charge in [-0.1, -0.05) is 13.8 Å². The molecular formula is C15H18N2O4. The molecule has 1 aliphatic rings. The van der Waals surface area contributed by atoms with Crippen molar-refractivity contribution < 1.29 is 19.5 Å². The zero-order valence-corrected chi connectivity index (χ0v) is 12.1. The molecule has 2 atom stereocenters. The van der Waals surface area contributed by atoms with Crippen LogP contribution in [-0.4, -0.2) is 22.9 Å². The van der Waals surface area contributed by atoms with Crippen molar-refractivity contribution in [1.29, 1.82) is 0 Å². The number of benzene rings is 1. The van der Waals surface area contributed by atoms with Gasteiger partial charge in [0.2, 0.25) is 11.8 Å². The van der Waals surface area contributed by atoms with Crippen LogP contribution in [0.5, 0.6) is 0 Å². The van der Waals surface area contributed by atoms with Gasteiger partial charge in [0.25, 0.3) is 0 Å². The highest BCUT2D eigenvalue weighted by Gasteiger charge is 2.65. The fraction of sp³-hybridized carbons (Fsp3) is 0.400. The molecule has 21 heavy (non-hydrogen) atoms. The van der Waals surface area contributed by atoms with Crippen LogP contribution in [0.25, 0.3) is 0 Å². The van der Waals surface area contributed by atoms with E-state index in [1.807, 2.05) is 0 Å². The van der Waals surface area contributed by atoms with Gasteiger partial charge in [-0.15, -0.1) is 0 Å². The van der Waals surface area contributed by atoms with E-state index in [0.717, 1.165) is 0 Å². The van der Waals surface area contributed by atoms with Crippen molar-refractivity contribution in [2.24, 2.45) is 23.0 Å². The van der Waals surface area contributed by atoms with Crippen LogP contribution in [0.15, 0.2) is 18.2 Å². The number of hydrogen-bond donors (Lipinski definition) is 3. The van der Waals surface area contributed by atoms with E-state index in [1.165, 1.54) is 6.07 Å². The molecule has 0 heterocycles. The summed E-state index contributed by atoms with van der Waals surface area (Å²) in [5.41, 5.74) is 6.26. The number of carboxylic acid groups (broad SMARTS) is 1. The lowest BCUT2D eigenvalue weighted by molar-refractivity contribution is -0.140. The fourth-order valence-electron chi connectivity index (χ4n) is 2.76. The zero-order valence-electron chi connectivity index (χ0n) is 12.1. The molecule has 1 saturated carbocycles. The Kier molecular flexibility index (Phi) is 3.49. The maximum atomic E-state index is 12.2. The fourth-order valence-corrected chi connectivity index (χ4v) is 2.76. The van der Waals surface area contributed by atoms with Gasteiger partial charge in [0.05, 0.1) is 11.8 Å². The lowest BCUT2D eigenvalue weighted by atomic mass is 10.1. The van der Waals surface area contributed by atoms with E-state index in [0.29, 0.717) is 16.8 Å². The molecule has 6 nitrogen and oxygen atoms in total. The van der Waals surface area contributed by atoms with Crippen LogP contribution in [0.1, 0.15) is 29.8 Å². The average molecular weight is 290 g/mol. The second-order valence-corrected chi connectivity index (χ2v) is 6.00. The summed E-state index contributed by atoms with van der Waals surface area (Å²) in [5.74, 6) is -3.03. The first-order valence-corrected chi connectivity index (χ1v) is 6.60. The summed E-state index contributed by atoms with van der Waals surface area (Å²) in [6.45, 7) is 5.27. The standard InChI is InChI=1S/C15H18N2O4/c1-7-6-8(12(16)18)4-5-9(7)17-13(19)10-11(14(20)21)15(10,2)3/h4-6,10-11H,1-3H3,(H2,16,18)(H,17,19)(H,20,21). The predicted molar refractivity (Wildman–Crippen MR) is 76.7 cm³/mol. The number of nitrogens with two attached hydrogens (primary N) is 1. The molecule has 6 heteroatoms. The zero-order chi connectivity index (χ0) is 15.9. The number of rotatable bonds is 4. The van der Waals surface area contributed by atoms with Gasteiger partial charge in [-0.05, 0) is 36.1 Å². The third-order valence-electron chi connectivity index (χ3n) is 4.14. The summed E-state index contributed by atoms with van der Waals surface area (Å²) < 4.78 is 0. The molecule has 0 bridgehead atoms. The molecule has 1 aliphatic carbocycles. The van der Waals surface area contributed by atoms with Gasteiger partial charge < -0.3 is 16.2 Å². The lowest BCUT2D eigenvalue weighted by Gasteiger charge is -2.10. The third kappa shape index (κ3) is 2.61. The molecule has 0 aliphatic heterocycles. The number of anilines is 1. The second-order valence-electron chi connectivity index (χ2n) is 6.00. The van der Waals surface area contributed by atoms with Crippen LogP contribution in [0.2, 0.25) is 0 Å². The average Bonchev–Trinajstić information content (AvgIpc) is 2.95. The van der Waals surface area contributed by atoms with Crippen molar-refractivity contribution in [3.05, 3.63) is 29.3 Å². The normalized spacial score (nSPS) is 22.4. The molecule has 0 radical (unpaired) electrons. The molecule has 1 aromatic carbocycles. The Hall–Kier alpha value is -2.37. The summed E-state index contributed by atoms with van der Waals surface area (Å²) >= 11 is 0. The molecule has 112 valence electrons. The Balaban J connectivity index is 2.15. The number of carbonyl (C=O) groups excluding carboxylic acids is 2. The summed E-state index contributed by atoms with van der Waals surface area (Å²) in [4.78, 5) is 34.4. The van der Waals surface area contributed by atoms with E-state index in [-0.39, 0.29) is 5.91 Å². The van der Waals surface area contributed by atoms with E-state index in [1.54, 1.807) is 32.9 Å². The number of carbonyl (C=O) groups is 3. The maximum Gasteiger partial charge on any atom is 0.307 e. The van der Waals surface area contributed by atoms with Gasteiger partial charge in [-0.3, -0.25) is 14.4 Å². The highest BCUT2D eigenvalue weighted by atomic mass is 16.4. The van der Waals surface area contributed by atoms with Crippen molar-refractivity contribution in [1.82, 2.24) is 0 Å². The summed E-state index contributed by atoms with van der Waals surface area (Å²) in [7, 11) is 0. The number of aryl methyl sites for hydroxylation is 1. The maximum absolute atomic E-state index is 12.2. The smallest absolute Gasteiger partial charge is 0.307 e. The van der Waals surface area contributed by atoms with Crippen LogP contribution in [0.3, 0.4) is 0 Å². The highest BCUT2D eigenvalue weighted by molar-refractivity contribution is 6.00. The molecule has 1 fully saturated rings. The second kappa shape index (κ2) is 4.87. The summed E-state index contributed by atoms with van der Waals surface area (Å²) in [5, 5.41) is 11.8. The quantitative estimate of drug-likeness (QED) is 0.778. The van der Waals surface area contributed by atoms with Crippen molar-refractivity contribution in [2.75, 3.05) is 5.32 Å². The van der Waals surface area contributed by atoms with Gasteiger partial charge in [0, 0.05) is 11.3 Å². The van der Waals surface area contributed by atoms with E-state index in [9.17, 15) is 14.4 Å². The van der Waals surface area contributed by atoms with Crippen molar-refractivity contribution in [3.8, 4) is 0 Å². The van der Waals surface area contributed by atoms with Crippen LogP contribution in [0, 0.1) is 24.2 Å². The number of aliphatic carboxylic acids is 1. The molecule has 1 aromatic rings. The third-order valence-corrected chi connectivity index (χ3v) is 4.14. The Labute approximate surface area is 122 Å². The van der Waals surface area contributed by atoms with Crippen LogP contribution < -0.4 is 11.1 Å². The van der Waals surface area contributed by atoms with Crippen molar-refractivity contribution in [3.63, 3.8) is 0 Å². The molecule has 2 amide bonds. The van der Waals surface area contributed by atoms with Gasteiger partial charge in [-0.2, -0.15) is 0 Å². The number of amides is 2. The number of hydrogen-bond acceptors (Lipinski definition) is 3. The first-order chi connectivity index (χ1) is 9.66. The lowest BCUT2D eigenvalue weighted by Crippen LogP contribution is -2.19. The summed E-state index contributed by atoms with van der Waals surface area (Å²) in [6.07, 6.45) is 0. The molecule has 2 unspecified atom stereocenters. The topological polar surface area (TPSA) is 109 Å². The minimum atomic E-state index is -0.957. The van der Waals surface area contributed by atoms with Crippen LogP contribution >= 0.6 is 0 Å². The van der Waals surface area contributed by atoms with Crippen molar-refractivity contribution in [2.45, 2.75) is 20.8 Å². The van der Waals surface area contributed by atoms with E-state index >= 15 is 0 Å². The van der Waals surface area contributed by atoms with Crippen LogP contribution in [-0.2, 0) is 9.59 Å². The molecule has 0 spiro atoms. The number of primary amides is 1. The predicted octanol–water partition coefficient (Wildman–Crippen LogP) is 1.39. The molecular weight excluding hydrogens is 272 g/mol. The Morgan fingerprint density at radius 2 is 1.86 bits per heavy atom. The van der Waals surface area contributed by atoms with E-state index < -0.39 is 29.1 Å². The largest absolute Gasteiger partial charge is 0.481 e. The minimum Gasteiger partial charge on any atom is -0.481 e. The van der Waals surface area contributed by atoms with E-state index in [4.69, 9.17) is 10.8 Å². The first kappa shape index (κ1) is 15.0. The van der Waals surface area contributed by atoms with Gasteiger partial charge >= 0.3 is 5.97 Å². The molecule has 2 rings (SSSR count). The van der Waals surface area contributed by atoms with E-state index in [2.05, 4.69) is 5.32 Å². The van der Waals surface area contributed by atoms with Gasteiger partial charge in [0.15, 0.2) is 0 Å². The molecule has 4 N–H and O–H groups in total. The first-order valence-electron chi connectivity index (χ1n) is 6.60. The Morgan fingerprint density at radius 3 is 2.29 bits per heavy atom. The molecule has 0 saturated heterocycles. The monoisotopic (exact) mass is 290 g/mol. The SMILES string of the molecule is Cc1cc(C(N)=O)ccc1NC(=O)C1C(C(=O)O)C1(C)C. The molecule has 0 aromatic heterocycles. The summed E-state index contributed by atoms with van der Waals surface area (Å²) in [6, 6.07) is 4.71. The van der Waals surface area contributed by atoms with Gasteiger partial charge in [-0.25, -0.2) is 0 Å². The number of nitrogens with one attached hydrogen (secondary N) is 1. The Morgan fingerprint density at radius 1 is 1.24 bits per heavy atom. The minimum absolute atomic E-state index is 0.317. The van der Waals surface area contributed by atoms with Gasteiger partial charge in [0.1, 0.15) is 0 Å². The number of carboxylic acids is 1.